The van der Waals surface area contributed by atoms with E-state index in [1.54, 1.807) is 16.3 Å². The second-order valence-corrected chi connectivity index (χ2v) is 5.14. The summed E-state index contributed by atoms with van der Waals surface area (Å²) in [6.45, 7) is 2.41. The molecule has 6 heteroatoms. The molecule has 0 spiro atoms. The summed E-state index contributed by atoms with van der Waals surface area (Å²) in [7, 11) is 0. The monoisotopic (exact) mass is 250 g/mol. The SMILES string of the molecule is CC(=O)N1CC(N2C(=O)c3ccsc3C2=O)C1. The van der Waals surface area contributed by atoms with Gasteiger partial charge in [0.1, 0.15) is 4.88 Å². The Bertz CT molecular complexity index is 500. The van der Waals surface area contributed by atoms with Crippen LogP contribution in [-0.2, 0) is 4.79 Å². The van der Waals surface area contributed by atoms with Crippen molar-refractivity contribution in [1.82, 2.24) is 9.80 Å². The molecule has 1 aromatic heterocycles. The number of hydrogen-bond acceptors (Lipinski definition) is 4. The summed E-state index contributed by atoms with van der Waals surface area (Å²) in [5, 5.41) is 1.75. The number of nitrogens with zero attached hydrogens (tertiary/aromatic N) is 2. The molecular weight excluding hydrogens is 240 g/mol. The van der Waals surface area contributed by atoms with E-state index in [2.05, 4.69) is 0 Å². The average Bonchev–Trinajstić information content (AvgIpc) is 2.74. The van der Waals surface area contributed by atoms with Crippen LogP contribution in [0.1, 0.15) is 27.0 Å². The first kappa shape index (κ1) is 10.5. The Labute approximate surface area is 102 Å². The fourth-order valence-corrected chi connectivity index (χ4v) is 3.00. The predicted octanol–water partition coefficient (Wildman–Crippen LogP) is 0.575. The second-order valence-electron chi connectivity index (χ2n) is 4.22. The van der Waals surface area contributed by atoms with Crippen LogP contribution >= 0.6 is 11.3 Å². The lowest BCUT2D eigenvalue weighted by molar-refractivity contribution is -0.134. The van der Waals surface area contributed by atoms with E-state index in [1.807, 2.05) is 0 Å². The number of thiophene rings is 1. The van der Waals surface area contributed by atoms with Crippen molar-refractivity contribution in [2.24, 2.45) is 0 Å². The largest absolute Gasteiger partial charge is 0.339 e. The summed E-state index contributed by atoms with van der Waals surface area (Å²) in [5.41, 5.74) is 0.501. The molecule has 3 amide bonds. The number of carbonyl (C=O) groups is 3. The quantitative estimate of drug-likeness (QED) is 0.685. The van der Waals surface area contributed by atoms with E-state index in [4.69, 9.17) is 0 Å². The van der Waals surface area contributed by atoms with Crippen LogP contribution in [0.25, 0.3) is 0 Å². The Balaban J connectivity index is 1.80. The molecule has 0 aliphatic carbocycles. The number of rotatable bonds is 1. The number of carbonyl (C=O) groups excluding carboxylic acids is 3. The molecule has 5 nitrogen and oxygen atoms in total. The lowest BCUT2D eigenvalue weighted by atomic mass is 10.1. The van der Waals surface area contributed by atoms with E-state index < -0.39 is 0 Å². The van der Waals surface area contributed by atoms with Gasteiger partial charge in [-0.25, -0.2) is 0 Å². The first-order valence-corrected chi connectivity index (χ1v) is 6.18. The van der Waals surface area contributed by atoms with Crippen LogP contribution < -0.4 is 0 Å². The first-order chi connectivity index (χ1) is 8.09. The number of likely N-dealkylation sites (tertiary alicyclic amines) is 1. The third-order valence-electron chi connectivity index (χ3n) is 3.20. The molecule has 1 aromatic rings. The maximum absolute atomic E-state index is 12.0. The van der Waals surface area contributed by atoms with E-state index in [1.165, 1.54) is 23.2 Å². The number of hydrogen-bond donors (Lipinski definition) is 0. The summed E-state index contributed by atoms with van der Waals surface area (Å²) in [5.74, 6) is -0.456. The van der Waals surface area contributed by atoms with Crippen molar-refractivity contribution in [2.75, 3.05) is 13.1 Å². The lowest BCUT2D eigenvalue weighted by Crippen LogP contribution is -2.61. The van der Waals surface area contributed by atoms with Gasteiger partial charge in [0.15, 0.2) is 0 Å². The van der Waals surface area contributed by atoms with Gasteiger partial charge in [0, 0.05) is 20.0 Å². The number of fused-ring (bicyclic) bond motifs is 1. The topological polar surface area (TPSA) is 57.7 Å². The second kappa shape index (κ2) is 3.40. The van der Waals surface area contributed by atoms with Gasteiger partial charge >= 0.3 is 0 Å². The zero-order chi connectivity index (χ0) is 12.2. The Morgan fingerprint density at radius 3 is 2.65 bits per heavy atom. The molecule has 0 aromatic carbocycles. The summed E-state index contributed by atoms with van der Waals surface area (Å²) in [6.07, 6.45) is 0. The maximum atomic E-state index is 12.0. The van der Waals surface area contributed by atoms with E-state index in [9.17, 15) is 14.4 Å². The van der Waals surface area contributed by atoms with Crippen LogP contribution in [0.15, 0.2) is 11.4 Å². The van der Waals surface area contributed by atoms with Gasteiger partial charge in [0.05, 0.1) is 11.6 Å². The van der Waals surface area contributed by atoms with Gasteiger partial charge in [-0.1, -0.05) is 0 Å². The maximum Gasteiger partial charge on any atom is 0.272 e. The Hall–Kier alpha value is -1.69. The normalized spacial score (nSPS) is 19.6. The molecule has 0 bridgehead atoms. The molecule has 0 radical (unpaired) electrons. The van der Waals surface area contributed by atoms with Gasteiger partial charge in [0.25, 0.3) is 11.8 Å². The van der Waals surface area contributed by atoms with Crippen molar-refractivity contribution < 1.29 is 14.4 Å². The van der Waals surface area contributed by atoms with Gasteiger partial charge in [-0.2, -0.15) is 0 Å². The highest BCUT2D eigenvalue weighted by molar-refractivity contribution is 7.12. The van der Waals surface area contributed by atoms with Gasteiger partial charge in [-0.05, 0) is 11.4 Å². The van der Waals surface area contributed by atoms with Crippen LogP contribution in [0.2, 0.25) is 0 Å². The van der Waals surface area contributed by atoms with E-state index >= 15 is 0 Å². The number of amides is 3. The van der Waals surface area contributed by atoms with Crippen LogP contribution in [0, 0.1) is 0 Å². The smallest absolute Gasteiger partial charge is 0.272 e. The molecule has 2 aliphatic rings. The summed E-state index contributed by atoms with van der Waals surface area (Å²) >= 11 is 1.29. The zero-order valence-electron chi connectivity index (χ0n) is 9.17. The highest BCUT2D eigenvalue weighted by Crippen LogP contribution is 2.31. The van der Waals surface area contributed by atoms with Crippen molar-refractivity contribution in [3.63, 3.8) is 0 Å². The standard InChI is InChI=1S/C11H10N2O3S/c1-6(14)12-4-7(5-12)13-10(15)8-2-3-17-9(8)11(13)16/h2-3,7H,4-5H2,1H3. The molecular formula is C11H10N2O3S. The van der Waals surface area contributed by atoms with Crippen LogP contribution in [0.5, 0.6) is 0 Å². The molecule has 0 unspecified atom stereocenters. The van der Waals surface area contributed by atoms with E-state index in [0.29, 0.717) is 23.5 Å². The fourth-order valence-electron chi connectivity index (χ4n) is 2.18. The van der Waals surface area contributed by atoms with Crippen molar-refractivity contribution in [3.05, 3.63) is 21.9 Å². The third kappa shape index (κ3) is 1.33. The zero-order valence-corrected chi connectivity index (χ0v) is 9.99. The minimum Gasteiger partial charge on any atom is -0.339 e. The Morgan fingerprint density at radius 2 is 2.06 bits per heavy atom. The molecule has 2 aliphatic heterocycles. The Morgan fingerprint density at radius 1 is 1.35 bits per heavy atom. The minimum atomic E-state index is -0.223. The molecule has 3 heterocycles. The van der Waals surface area contributed by atoms with E-state index in [-0.39, 0.29) is 23.8 Å². The molecule has 0 saturated carbocycles. The molecule has 88 valence electrons. The molecule has 1 fully saturated rings. The third-order valence-corrected chi connectivity index (χ3v) is 4.10. The fraction of sp³-hybridized carbons (Fsp3) is 0.364. The van der Waals surface area contributed by atoms with Crippen LogP contribution in [0.3, 0.4) is 0 Å². The van der Waals surface area contributed by atoms with Gasteiger partial charge in [0.2, 0.25) is 5.91 Å². The lowest BCUT2D eigenvalue weighted by Gasteiger charge is -2.42. The molecule has 1 saturated heterocycles. The Kier molecular flexibility index (Phi) is 2.09. The van der Waals surface area contributed by atoms with Crippen LogP contribution in [-0.4, -0.2) is 46.7 Å². The van der Waals surface area contributed by atoms with Crippen molar-refractivity contribution in [3.8, 4) is 0 Å². The van der Waals surface area contributed by atoms with Crippen molar-refractivity contribution in [1.29, 1.82) is 0 Å². The number of imide groups is 1. The minimum absolute atomic E-state index is 0.0184. The van der Waals surface area contributed by atoms with Crippen LogP contribution in [0.4, 0.5) is 0 Å². The van der Waals surface area contributed by atoms with Gasteiger partial charge in [-0.15, -0.1) is 11.3 Å². The van der Waals surface area contributed by atoms with E-state index in [0.717, 1.165) is 0 Å². The average molecular weight is 250 g/mol. The molecule has 0 N–H and O–H groups in total. The van der Waals surface area contributed by atoms with Gasteiger partial charge in [-0.3, -0.25) is 19.3 Å². The predicted molar refractivity (Wildman–Crippen MR) is 60.9 cm³/mol. The summed E-state index contributed by atoms with van der Waals surface area (Å²) in [4.78, 5) is 38.5. The van der Waals surface area contributed by atoms with Crippen molar-refractivity contribution in [2.45, 2.75) is 13.0 Å². The summed E-state index contributed by atoms with van der Waals surface area (Å²) in [6, 6.07) is 1.53. The summed E-state index contributed by atoms with van der Waals surface area (Å²) < 4.78 is 0. The molecule has 0 atom stereocenters. The molecule has 17 heavy (non-hydrogen) atoms. The molecule has 3 rings (SSSR count). The highest BCUT2D eigenvalue weighted by Gasteiger charge is 2.45. The van der Waals surface area contributed by atoms with Crippen molar-refractivity contribution >= 4 is 29.1 Å². The van der Waals surface area contributed by atoms with Gasteiger partial charge < -0.3 is 4.90 Å². The highest BCUT2D eigenvalue weighted by atomic mass is 32.1. The first-order valence-electron chi connectivity index (χ1n) is 5.30.